The third kappa shape index (κ3) is 2.25. The van der Waals surface area contributed by atoms with Gasteiger partial charge in [0.15, 0.2) is 0 Å². The maximum Gasteiger partial charge on any atom is 0.315 e. The van der Waals surface area contributed by atoms with E-state index in [1.54, 1.807) is 0 Å². The van der Waals surface area contributed by atoms with Crippen LogP contribution in [0.25, 0.3) is 0 Å². The lowest BCUT2D eigenvalue weighted by molar-refractivity contribution is -0.0498. The second-order valence-electron chi connectivity index (χ2n) is 8.06. The summed E-state index contributed by atoms with van der Waals surface area (Å²) >= 11 is 0. The van der Waals surface area contributed by atoms with E-state index in [9.17, 15) is 4.79 Å². The highest BCUT2D eigenvalue weighted by Gasteiger charge is 2.50. The number of carbonyl (C=O) groups excluding carboxylic acids is 1. The Hall–Kier alpha value is -0.730. The number of carbonyl (C=O) groups is 1. The van der Waals surface area contributed by atoms with Crippen LogP contribution in [0.15, 0.2) is 0 Å². The predicted molar refractivity (Wildman–Crippen MR) is 74.7 cm³/mol. The van der Waals surface area contributed by atoms with Gasteiger partial charge in [0.25, 0.3) is 0 Å². The van der Waals surface area contributed by atoms with Gasteiger partial charge in [-0.2, -0.15) is 0 Å². The summed E-state index contributed by atoms with van der Waals surface area (Å²) in [6.45, 7) is 3.12. The van der Waals surface area contributed by atoms with Crippen LogP contribution in [-0.4, -0.2) is 18.6 Å². The molecule has 0 heterocycles. The van der Waals surface area contributed by atoms with Crippen molar-refractivity contribution in [3.63, 3.8) is 0 Å². The number of nitrogens with one attached hydrogen (secondary N) is 2. The average Bonchev–Trinajstić information content (AvgIpc) is 3.01. The van der Waals surface area contributed by atoms with Crippen molar-refractivity contribution < 1.29 is 4.79 Å². The van der Waals surface area contributed by atoms with E-state index in [1.165, 1.54) is 38.5 Å². The molecular formula is C16H26N2O. The molecule has 3 nitrogen and oxygen atoms in total. The second kappa shape index (κ2) is 4.13. The zero-order chi connectivity index (χ0) is 13.0. The summed E-state index contributed by atoms with van der Waals surface area (Å²) < 4.78 is 0. The fourth-order valence-corrected chi connectivity index (χ4v) is 5.52. The van der Waals surface area contributed by atoms with Gasteiger partial charge < -0.3 is 10.6 Å². The molecule has 2 atom stereocenters. The zero-order valence-corrected chi connectivity index (χ0v) is 12.0. The van der Waals surface area contributed by atoms with Gasteiger partial charge in [-0.05, 0) is 74.0 Å². The molecule has 5 aliphatic rings. The van der Waals surface area contributed by atoms with Crippen LogP contribution in [0.1, 0.15) is 51.9 Å². The molecule has 5 saturated carbocycles. The van der Waals surface area contributed by atoms with Crippen molar-refractivity contribution in [2.75, 3.05) is 6.54 Å². The van der Waals surface area contributed by atoms with Gasteiger partial charge in [-0.15, -0.1) is 0 Å². The molecule has 2 amide bonds. The van der Waals surface area contributed by atoms with Crippen LogP contribution < -0.4 is 10.6 Å². The highest BCUT2D eigenvalue weighted by Crippen LogP contribution is 2.59. The van der Waals surface area contributed by atoms with Gasteiger partial charge in [0.1, 0.15) is 0 Å². The summed E-state index contributed by atoms with van der Waals surface area (Å²) in [5.41, 5.74) is 0.460. The first-order valence-electron chi connectivity index (χ1n) is 8.16. The predicted octanol–water partition coefficient (Wildman–Crippen LogP) is 2.91. The third-order valence-electron chi connectivity index (χ3n) is 6.21. The summed E-state index contributed by atoms with van der Waals surface area (Å²) in [5.74, 6) is 3.60. The maximum atomic E-state index is 11.9. The molecule has 5 aliphatic carbocycles. The van der Waals surface area contributed by atoms with Gasteiger partial charge >= 0.3 is 6.03 Å². The van der Waals surface area contributed by atoms with Crippen LogP contribution in [0.5, 0.6) is 0 Å². The van der Waals surface area contributed by atoms with Gasteiger partial charge in [0.05, 0.1) is 0 Å². The molecule has 3 heteroatoms. The molecule has 4 bridgehead atoms. The van der Waals surface area contributed by atoms with Crippen LogP contribution in [-0.2, 0) is 0 Å². The third-order valence-corrected chi connectivity index (χ3v) is 6.21. The van der Waals surface area contributed by atoms with Crippen molar-refractivity contribution in [2.24, 2.45) is 29.1 Å². The van der Waals surface area contributed by atoms with E-state index in [0.717, 1.165) is 30.7 Å². The molecule has 0 aliphatic heterocycles. The summed E-state index contributed by atoms with van der Waals surface area (Å²) in [6, 6.07) is 0.515. The van der Waals surface area contributed by atoms with Crippen molar-refractivity contribution in [1.82, 2.24) is 10.6 Å². The van der Waals surface area contributed by atoms with Gasteiger partial charge in [-0.25, -0.2) is 4.79 Å². The fourth-order valence-electron chi connectivity index (χ4n) is 5.52. The summed E-state index contributed by atoms with van der Waals surface area (Å²) in [5, 5.41) is 6.27. The summed E-state index contributed by atoms with van der Waals surface area (Å²) in [7, 11) is 0. The van der Waals surface area contributed by atoms with Crippen molar-refractivity contribution in [3.05, 3.63) is 0 Å². The summed E-state index contributed by atoms with van der Waals surface area (Å²) in [6.07, 6.45) is 9.71. The molecule has 19 heavy (non-hydrogen) atoms. The number of amides is 2. The number of hydrogen-bond donors (Lipinski definition) is 2. The highest BCUT2D eigenvalue weighted by molar-refractivity contribution is 5.74. The topological polar surface area (TPSA) is 41.1 Å². The lowest BCUT2D eigenvalue weighted by Crippen LogP contribution is -2.52. The smallest absolute Gasteiger partial charge is 0.315 e. The number of rotatable bonds is 3. The van der Waals surface area contributed by atoms with Gasteiger partial charge in [-0.1, -0.05) is 6.92 Å². The Morgan fingerprint density at radius 1 is 1.05 bits per heavy atom. The molecule has 0 spiro atoms. The Morgan fingerprint density at radius 3 is 2.05 bits per heavy atom. The first-order valence-corrected chi connectivity index (χ1v) is 8.16. The van der Waals surface area contributed by atoms with Crippen LogP contribution in [0, 0.1) is 29.1 Å². The summed E-state index contributed by atoms with van der Waals surface area (Å²) in [4.78, 5) is 11.9. The van der Waals surface area contributed by atoms with Crippen LogP contribution >= 0.6 is 0 Å². The Kier molecular flexibility index (Phi) is 2.62. The molecule has 0 saturated heterocycles. The maximum absolute atomic E-state index is 11.9. The lowest BCUT2D eigenvalue weighted by atomic mass is 9.49. The average molecular weight is 262 g/mol. The molecule has 5 fully saturated rings. The molecule has 0 unspecified atom stereocenters. The van der Waals surface area contributed by atoms with Crippen molar-refractivity contribution in [3.8, 4) is 0 Å². The first kappa shape index (κ1) is 12.0. The van der Waals surface area contributed by atoms with E-state index in [0.29, 0.717) is 17.4 Å². The van der Waals surface area contributed by atoms with Crippen LogP contribution in [0.4, 0.5) is 4.79 Å². The minimum Gasteiger partial charge on any atom is -0.338 e. The number of hydrogen-bond acceptors (Lipinski definition) is 1. The second-order valence-corrected chi connectivity index (χ2v) is 8.06. The van der Waals surface area contributed by atoms with E-state index in [1.807, 2.05) is 0 Å². The largest absolute Gasteiger partial charge is 0.338 e. The minimum atomic E-state index is 0.0742. The molecule has 0 aromatic carbocycles. The zero-order valence-electron chi connectivity index (χ0n) is 12.0. The van der Waals surface area contributed by atoms with E-state index in [2.05, 4.69) is 17.6 Å². The highest BCUT2D eigenvalue weighted by atomic mass is 16.2. The Labute approximate surface area is 115 Å². The molecule has 2 N–H and O–H groups in total. The van der Waals surface area contributed by atoms with Crippen molar-refractivity contribution in [1.29, 1.82) is 0 Å². The van der Waals surface area contributed by atoms with Gasteiger partial charge in [0, 0.05) is 12.6 Å². The fraction of sp³-hybridized carbons (Fsp3) is 0.938. The monoisotopic (exact) mass is 262 g/mol. The molecule has 5 rings (SSSR count). The molecule has 0 radical (unpaired) electrons. The van der Waals surface area contributed by atoms with E-state index in [-0.39, 0.29) is 6.03 Å². The lowest BCUT2D eigenvalue weighted by Gasteiger charge is -2.56. The van der Waals surface area contributed by atoms with Crippen molar-refractivity contribution >= 4 is 6.03 Å². The van der Waals surface area contributed by atoms with Crippen LogP contribution in [0.2, 0.25) is 0 Å². The molecular weight excluding hydrogens is 236 g/mol. The molecule has 0 aromatic rings. The van der Waals surface area contributed by atoms with Gasteiger partial charge in [0.2, 0.25) is 0 Å². The first-order chi connectivity index (χ1) is 9.12. The number of urea groups is 1. The SMILES string of the molecule is C[C@H]1C[C@H]1NC(=O)NCC12CC3CC(CC(C3)C1)C2. The van der Waals surface area contributed by atoms with Crippen molar-refractivity contribution in [2.45, 2.75) is 57.9 Å². The van der Waals surface area contributed by atoms with Crippen LogP contribution in [0.3, 0.4) is 0 Å². The standard InChI is InChI=1S/C16H26N2O/c1-10-2-14(10)18-15(19)17-9-16-6-11-3-12(7-16)5-13(4-11)8-16/h10-14H,2-9H2,1H3,(H2,17,18,19)/t10-,11?,12?,13?,14+,16?/m0/s1. The van der Waals surface area contributed by atoms with Gasteiger partial charge in [-0.3, -0.25) is 0 Å². The quantitative estimate of drug-likeness (QED) is 0.806. The van der Waals surface area contributed by atoms with E-state index in [4.69, 9.17) is 0 Å². The normalized spacial score (nSPS) is 50.1. The molecule has 106 valence electrons. The van der Waals surface area contributed by atoms with E-state index < -0.39 is 0 Å². The minimum absolute atomic E-state index is 0.0742. The Morgan fingerprint density at radius 2 is 1.58 bits per heavy atom. The Bertz CT molecular complexity index is 357. The Balaban J connectivity index is 1.33. The van der Waals surface area contributed by atoms with E-state index >= 15 is 0 Å². The molecule has 0 aromatic heterocycles.